The quantitative estimate of drug-likeness (QED) is 0.652. The smallest absolute Gasteiger partial charge is 0.253 e. The highest BCUT2D eigenvalue weighted by Gasteiger charge is 2.20. The molecule has 1 fully saturated rings. The number of hydrogen-bond acceptors (Lipinski definition) is 3. The van der Waals surface area contributed by atoms with E-state index in [1.165, 1.54) is 17.7 Å². The Morgan fingerprint density at radius 1 is 0.929 bits per heavy atom. The van der Waals surface area contributed by atoms with Crippen LogP contribution in [0.25, 0.3) is 0 Å². The van der Waals surface area contributed by atoms with Crippen LogP contribution in [0.15, 0.2) is 54.6 Å². The second-order valence-corrected chi connectivity index (χ2v) is 7.20. The molecule has 150 valence electrons. The van der Waals surface area contributed by atoms with Crippen LogP contribution in [0.4, 0.5) is 4.39 Å². The topological polar surface area (TPSA) is 32.8 Å². The molecule has 0 saturated carbocycles. The largest absolute Gasteiger partial charge is 0.381 e. The van der Waals surface area contributed by atoms with Gasteiger partial charge in [-0.3, -0.25) is 4.79 Å². The molecule has 0 spiro atoms. The van der Waals surface area contributed by atoms with E-state index in [-0.39, 0.29) is 11.7 Å². The fraction of sp³-hybridized carbons (Fsp3) is 0.435. The summed E-state index contributed by atoms with van der Waals surface area (Å²) in [6, 6.07) is 16.2. The molecule has 4 nitrogen and oxygen atoms in total. The van der Waals surface area contributed by atoms with Crippen LogP contribution in [0.5, 0.6) is 0 Å². The minimum absolute atomic E-state index is 0.00825. The first-order valence-corrected chi connectivity index (χ1v) is 10.1. The van der Waals surface area contributed by atoms with Crippen molar-refractivity contribution in [2.75, 3.05) is 45.9 Å². The minimum Gasteiger partial charge on any atom is -0.381 e. The van der Waals surface area contributed by atoms with Crippen LogP contribution in [-0.4, -0.2) is 61.6 Å². The number of amides is 1. The SMILES string of the molecule is O=C(c1ccc(F)cc1)N1CCCN(CCCOCCc2ccccc2)CC1. The molecule has 0 bridgehead atoms. The van der Waals surface area contributed by atoms with Crippen molar-refractivity contribution in [2.45, 2.75) is 19.3 Å². The second-order valence-electron chi connectivity index (χ2n) is 7.20. The van der Waals surface area contributed by atoms with E-state index in [0.29, 0.717) is 12.1 Å². The molecule has 28 heavy (non-hydrogen) atoms. The van der Waals surface area contributed by atoms with Gasteiger partial charge in [-0.15, -0.1) is 0 Å². The lowest BCUT2D eigenvalue weighted by molar-refractivity contribution is 0.0759. The fourth-order valence-electron chi connectivity index (χ4n) is 3.50. The Bertz CT molecular complexity index is 721. The molecule has 2 aromatic rings. The summed E-state index contributed by atoms with van der Waals surface area (Å²) >= 11 is 0. The number of carbonyl (C=O) groups is 1. The van der Waals surface area contributed by atoms with Gasteiger partial charge in [-0.2, -0.15) is 0 Å². The van der Waals surface area contributed by atoms with E-state index in [1.54, 1.807) is 12.1 Å². The Morgan fingerprint density at radius 3 is 2.50 bits per heavy atom. The predicted molar refractivity (Wildman–Crippen MR) is 109 cm³/mol. The maximum atomic E-state index is 13.0. The zero-order valence-electron chi connectivity index (χ0n) is 16.4. The lowest BCUT2D eigenvalue weighted by Crippen LogP contribution is -2.35. The lowest BCUT2D eigenvalue weighted by Gasteiger charge is -2.22. The van der Waals surface area contributed by atoms with Crippen LogP contribution in [-0.2, 0) is 11.2 Å². The third-order valence-corrected chi connectivity index (χ3v) is 5.11. The summed E-state index contributed by atoms with van der Waals surface area (Å²) < 4.78 is 18.8. The van der Waals surface area contributed by atoms with E-state index in [1.807, 2.05) is 11.0 Å². The zero-order valence-corrected chi connectivity index (χ0v) is 16.4. The molecule has 1 heterocycles. The molecule has 3 rings (SSSR count). The highest BCUT2D eigenvalue weighted by molar-refractivity contribution is 5.94. The zero-order chi connectivity index (χ0) is 19.6. The highest BCUT2D eigenvalue weighted by atomic mass is 19.1. The van der Waals surface area contributed by atoms with Gasteiger partial charge in [0.1, 0.15) is 5.82 Å². The van der Waals surface area contributed by atoms with Crippen LogP contribution in [0.2, 0.25) is 0 Å². The molecule has 0 N–H and O–H groups in total. The Labute approximate surface area is 166 Å². The predicted octanol–water partition coefficient (Wildman–Crippen LogP) is 3.62. The number of ether oxygens (including phenoxy) is 1. The molecular weight excluding hydrogens is 355 g/mol. The van der Waals surface area contributed by atoms with Gasteiger partial charge in [-0.25, -0.2) is 4.39 Å². The third kappa shape index (κ3) is 6.43. The lowest BCUT2D eigenvalue weighted by atomic mass is 10.2. The molecule has 1 aliphatic rings. The number of nitrogens with zero attached hydrogens (tertiary/aromatic N) is 2. The molecule has 1 saturated heterocycles. The van der Waals surface area contributed by atoms with Crippen molar-refractivity contribution in [3.05, 3.63) is 71.5 Å². The van der Waals surface area contributed by atoms with Gasteiger partial charge in [0.05, 0.1) is 6.61 Å². The van der Waals surface area contributed by atoms with Crippen LogP contribution in [0.3, 0.4) is 0 Å². The van der Waals surface area contributed by atoms with Crippen molar-refractivity contribution in [1.29, 1.82) is 0 Å². The number of benzene rings is 2. The van der Waals surface area contributed by atoms with Crippen molar-refractivity contribution >= 4 is 5.91 Å². The minimum atomic E-state index is -0.315. The van der Waals surface area contributed by atoms with Crippen molar-refractivity contribution < 1.29 is 13.9 Å². The third-order valence-electron chi connectivity index (χ3n) is 5.11. The van der Waals surface area contributed by atoms with E-state index in [2.05, 4.69) is 29.2 Å². The normalized spacial score (nSPS) is 15.4. The molecule has 0 radical (unpaired) electrons. The summed E-state index contributed by atoms with van der Waals surface area (Å²) in [5, 5.41) is 0. The molecule has 0 unspecified atom stereocenters. The van der Waals surface area contributed by atoms with E-state index in [0.717, 1.165) is 58.7 Å². The van der Waals surface area contributed by atoms with Gasteiger partial charge in [0.25, 0.3) is 5.91 Å². The number of rotatable bonds is 8. The first kappa shape index (κ1) is 20.5. The summed E-state index contributed by atoms with van der Waals surface area (Å²) in [6.45, 7) is 5.84. The average molecular weight is 384 g/mol. The Hall–Kier alpha value is -2.24. The number of hydrogen-bond donors (Lipinski definition) is 0. The maximum Gasteiger partial charge on any atom is 0.253 e. The average Bonchev–Trinajstić information content (AvgIpc) is 2.97. The number of carbonyl (C=O) groups excluding carboxylic acids is 1. The van der Waals surface area contributed by atoms with Crippen LogP contribution in [0, 0.1) is 5.82 Å². The molecular formula is C23H29FN2O2. The van der Waals surface area contributed by atoms with E-state index >= 15 is 0 Å². The summed E-state index contributed by atoms with van der Waals surface area (Å²) in [6.07, 6.45) is 2.91. The monoisotopic (exact) mass is 384 g/mol. The van der Waals surface area contributed by atoms with Crippen molar-refractivity contribution in [1.82, 2.24) is 9.80 Å². The van der Waals surface area contributed by atoms with E-state index in [9.17, 15) is 9.18 Å². The van der Waals surface area contributed by atoms with Crippen molar-refractivity contribution in [2.24, 2.45) is 0 Å². The first-order valence-electron chi connectivity index (χ1n) is 10.1. The standard InChI is InChI=1S/C23H29FN2O2/c24-22-10-8-21(9-11-22)23(27)26-15-4-13-25(16-17-26)14-5-18-28-19-12-20-6-2-1-3-7-20/h1-3,6-11H,4-5,12-19H2. The summed E-state index contributed by atoms with van der Waals surface area (Å²) in [4.78, 5) is 16.9. The van der Waals surface area contributed by atoms with Crippen molar-refractivity contribution in [3.63, 3.8) is 0 Å². The van der Waals surface area contributed by atoms with Gasteiger partial charge in [0.2, 0.25) is 0 Å². The first-order chi connectivity index (χ1) is 13.7. The molecule has 1 aliphatic heterocycles. The molecule has 0 aromatic heterocycles. The van der Waals surface area contributed by atoms with Crippen LogP contribution < -0.4 is 0 Å². The van der Waals surface area contributed by atoms with E-state index in [4.69, 9.17) is 4.74 Å². The van der Waals surface area contributed by atoms with Gasteiger partial charge < -0.3 is 14.5 Å². The van der Waals surface area contributed by atoms with Gasteiger partial charge >= 0.3 is 0 Å². The van der Waals surface area contributed by atoms with Crippen LogP contribution in [0.1, 0.15) is 28.8 Å². The van der Waals surface area contributed by atoms with Crippen LogP contribution >= 0.6 is 0 Å². The summed E-state index contributed by atoms with van der Waals surface area (Å²) in [7, 11) is 0. The maximum absolute atomic E-state index is 13.0. The Kier molecular flexibility index (Phi) is 8.00. The van der Waals surface area contributed by atoms with Gasteiger partial charge in [0, 0.05) is 38.3 Å². The Morgan fingerprint density at radius 2 is 1.71 bits per heavy atom. The molecule has 0 aliphatic carbocycles. The summed E-state index contributed by atoms with van der Waals surface area (Å²) in [5.41, 5.74) is 1.86. The van der Waals surface area contributed by atoms with E-state index < -0.39 is 0 Å². The molecule has 5 heteroatoms. The molecule has 1 amide bonds. The Balaban J connectivity index is 1.32. The molecule has 2 aromatic carbocycles. The fourth-order valence-corrected chi connectivity index (χ4v) is 3.50. The van der Waals surface area contributed by atoms with Crippen molar-refractivity contribution in [3.8, 4) is 0 Å². The second kappa shape index (κ2) is 10.9. The number of halogens is 1. The van der Waals surface area contributed by atoms with Gasteiger partial charge in [0.15, 0.2) is 0 Å². The summed E-state index contributed by atoms with van der Waals surface area (Å²) in [5.74, 6) is -0.323. The highest BCUT2D eigenvalue weighted by Crippen LogP contribution is 2.11. The molecule has 0 atom stereocenters. The van der Waals surface area contributed by atoms with Gasteiger partial charge in [-0.1, -0.05) is 30.3 Å². The van der Waals surface area contributed by atoms with Gasteiger partial charge in [-0.05, 0) is 55.6 Å².